The molecule has 3 aliphatic rings. The molecule has 3 fully saturated rings. The number of nitrogens with zero attached hydrogens (tertiary/aromatic N) is 2. The van der Waals surface area contributed by atoms with Gasteiger partial charge in [-0.25, -0.2) is 8.42 Å². The molecule has 2 saturated heterocycles. The third-order valence-corrected chi connectivity index (χ3v) is 7.87. The minimum Gasteiger partial charge on any atom is -0.360 e. The first kappa shape index (κ1) is 17.4. The van der Waals surface area contributed by atoms with Crippen molar-refractivity contribution in [3.63, 3.8) is 0 Å². The zero-order valence-corrected chi connectivity index (χ0v) is 15.7. The number of sulfone groups is 1. The van der Waals surface area contributed by atoms with E-state index in [1.165, 1.54) is 25.7 Å². The molecule has 132 valence electrons. The summed E-state index contributed by atoms with van der Waals surface area (Å²) in [6.07, 6.45) is 5.96. The minimum absolute atomic E-state index is 0.224. The maximum Gasteiger partial charge on any atom is 0.169 e. The van der Waals surface area contributed by atoms with Gasteiger partial charge in [-0.15, -0.1) is 0 Å². The van der Waals surface area contributed by atoms with Crippen LogP contribution in [-0.4, -0.2) is 73.1 Å². The molecule has 0 aromatic rings. The molecule has 3 atom stereocenters. The zero-order valence-electron chi connectivity index (χ0n) is 14.0. The molecule has 5 nitrogen and oxygen atoms in total. The van der Waals surface area contributed by atoms with Crippen molar-refractivity contribution >= 4 is 27.2 Å². The summed E-state index contributed by atoms with van der Waals surface area (Å²) in [5.41, 5.74) is 0. The average Bonchev–Trinajstić information content (AvgIpc) is 2.90. The van der Waals surface area contributed by atoms with Gasteiger partial charge in [-0.3, -0.25) is 4.90 Å². The SMILES string of the molecule is C[C@@H]1CCCC[C@@H]1NC(=S)N1CCN([C@@H]2CCS(=O)(=O)C2)CC1. The van der Waals surface area contributed by atoms with Crippen LogP contribution in [0.3, 0.4) is 0 Å². The van der Waals surface area contributed by atoms with Crippen LogP contribution in [0.4, 0.5) is 0 Å². The number of thiocarbonyl (C=S) groups is 1. The molecule has 7 heteroatoms. The third-order valence-electron chi connectivity index (χ3n) is 5.75. The van der Waals surface area contributed by atoms with E-state index in [9.17, 15) is 8.42 Å². The largest absolute Gasteiger partial charge is 0.360 e. The fourth-order valence-electron chi connectivity index (χ4n) is 4.13. The van der Waals surface area contributed by atoms with Gasteiger partial charge in [0.25, 0.3) is 0 Å². The Hall–Kier alpha value is -0.400. The molecule has 23 heavy (non-hydrogen) atoms. The van der Waals surface area contributed by atoms with E-state index < -0.39 is 9.84 Å². The smallest absolute Gasteiger partial charge is 0.169 e. The molecule has 1 N–H and O–H groups in total. The Morgan fingerprint density at radius 3 is 2.39 bits per heavy atom. The van der Waals surface area contributed by atoms with Gasteiger partial charge in [0.15, 0.2) is 14.9 Å². The molecule has 0 amide bonds. The molecule has 1 saturated carbocycles. The van der Waals surface area contributed by atoms with E-state index in [2.05, 4.69) is 22.0 Å². The molecular weight excluding hydrogens is 330 g/mol. The van der Waals surface area contributed by atoms with Crippen molar-refractivity contribution in [3.05, 3.63) is 0 Å². The Balaban J connectivity index is 1.46. The normalized spacial score (nSPS) is 35.2. The summed E-state index contributed by atoms with van der Waals surface area (Å²) in [6.45, 7) is 5.97. The highest BCUT2D eigenvalue weighted by Gasteiger charge is 2.34. The van der Waals surface area contributed by atoms with Gasteiger partial charge in [0.1, 0.15) is 0 Å². The van der Waals surface area contributed by atoms with Crippen LogP contribution in [-0.2, 0) is 9.84 Å². The molecule has 2 aliphatic heterocycles. The third kappa shape index (κ3) is 4.37. The number of piperazine rings is 1. The van der Waals surface area contributed by atoms with E-state index >= 15 is 0 Å². The number of hydrogen-bond donors (Lipinski definition) is 1. The second kappa shape index (κ2) is 7.23. The topological polar surface area (TPSA) is 52.6 Å². The van der Waals surface area contributed by atoms with Crippen LogP contribution in [0.25, 0.3) is 0 Å². The first-order valence-corrected chi connectivity index (χ1v) is 11.2. The molecular formula is C16H29N3O2S2. The minimum atomic E-state index is -2.79. The van der Waals surface area contributed by atoms with E-state index in [0.29, 0.717) is 23.5 Å². The molecule has 0 spiro atoms. The van der Waals surface area contributed by atoms with Crippen molar-refractivity contribution in [3.8, 4) is 0 Å². The summed E-state index contributed by atoms with van der Waals surface area (Å²) >= 11 is 5.62. The van der Waals surface area contributed by atoms with Crippen molar-refractivity contribution in [2.24, 2.45) is 5.92 Å². The van der Waals surface area contributed by atoms with E-state index in [4.69, 9.17) is 12.2 Å². The van der Waals surface area contributed by atoms with Crippen molar-refractivity contribution in [2.45, 2.75) is 51.1 Å². The molecule has 1 aliphatic carbocycles. The van der Waals surface area contributed by atoms with Crippen molar-refractivity contribution in [2.75, 3.05) is 37.7 Å². The molecule has 0 radical (unpaired) electrons. The lowest BCUT2D eigenvalue weighted by Gasteiger charge is -2.40. The van der Waals surface area contributed by atoms with E-state index in [-0.39, 0.29) is 6.04 Å². The number of nitrogens with one attached hydrogen (secondary N) is 1. The first-order valence-electron chi connectivity index (χ1n) is 8.94. The van der Waals surface area contributed by atoms with Crippen LogP contribution >= 0.6 is 12.2 Å². The van der Waals surface area contributed by atoms with Gasteiger partial charge in [0.05, 0.1) is 11.5 Å². The Morgan fingerprint density at radius 2 is 1.78 bits per heavy atom. The molecule has 0 bridgehead atoms. The maximum atomic E-state index is 11.6. The van der Waals surface area contributed by atoms with Crippen molar-refractivity contribution in [1.29, 1.82) is 0 Å². The average molecular weight is 360 g/mol. The highest BCUT2D eigenvalue weighted by atomic mass is 32.2. The summed E-state index contributed by atoms with van der Waals surface area (Å²) in [5.74, 6) is 1.40. The number of rotatable bonds is 2. The Labute approximate surface area is 145 Å². The Morgan fingerprint density at radius 1 is 1.09 bits per heavy atom. The van der Waals surface area contributed by atoms with Crippen LogP contribution in [0.2, 0.25) is 0 Å². The second-order valence-corrected chi connectivity index (χ2v) is 10.0. The predicted molar refractivity (Wildman–Crippen MR) is 97.4 cm³/mol. The summed E-state index contributed by atoms with van der Waals surface area (Å²) in [6, 6.07) is 0.747. The van der Waals surface area contributed by atoms with Crippen LogP contribution in [0, 0.1) is 5.92 Å². The predicted octanol–water partition coefficient (Wildman–Crippen LogP) is 1.24. The quantitative estimate of drug-likeness (QED) is 0.749. The summed E-state index contributed by atoms with van der Waals surface area (Å²) in [5, 5.41) is 4.47. The lowest BCUT2D eigenvalue weighted by molar-refractivity contribution is 0.141. The second-order valence-electron chi connectivity index (χ2n) is 7.40. The maximum absolute atomic E-state index is 11.6. The van der Waals surface area contributed by atoms with E-state index in [0.717, 1.165) is 37.7 Å². The highest BCUT2D eigenvalue weighted by Crippen LogP contribution is 2.24. The first-order chi connectivity index (χ1) is 10.9. The van der Waals surface area contributed by atoms with Gasteiger partial charge in [-0.1, -0.05) is 19.8 Å². The van der Waals surface area contributed by atoms with Gasteiger partial charge in [-0.05, 0) is 37.4 Å². The molecule has 0 aromatic heterocycles. The van der Waals surface area contributed by atoms with Crippen LogP contribution < -0.4 is 5.32 Å². The van der Waals surface area contributed by atoms with Gasteiger partial charge < -0.3 is 10.2 Å². The molecule has 3 rings (SSSR count). The Kier molecular flexibility index (Phi) is 5.48. The zero-order chi connectivity index (χ0) is 16.4. The monoisotopic (exact) mass is 359 g/mol. The van der Waals surface area contributed by atoms with Gasteiger partial charge in [0.2, 0.25) is 0 Å². The lowest BCUT2D eigenvalue weighted by Crippen LogP contribution is -2.56. The van der Waals surface area contributed by atoms with Crippen LogP contribution in [0.5, 0.6) is 0 Å². The summed E-state index contributed by atoms with van der Waals surface area (Å²) in [4.78, 5) is 4.60. The lowest BCUT2D eigenvalue weighted by atomic mass is 9.86. The van der Waals surface area contributed by atoms with Crippen molar-refractivity contribution < 1.29 is 8.42 Å². The highest BCUT2D eigenvalue weighted by molar-refractivity contribution is 7.91. The van der Waals surface area contributed by atoms with Crippen LogP contribution in [0.1, 0.15) is 39.0 Å². The Bertz CT molecular complexity index is 529. The van der Waals surface area contributed by atoms with Gasteiger partial charge in [0, 0.05) is 38.3 Å². The fraction of sp³-hybridized carbons (Fsp3) is 0.938. The van der Waals surface area contributed by atoms with Crippen LogP contribution in [0.15, 0.2) is 0 Å². The van der Waals surface area contributed by atoms with Crippen molar-refractivity contribution in [1.82, 2.24) is 15.1 Å². The fourth-order valence-corrected chi connectivity index (χ4v) is 6.23. The van der Waals surface area contributed by atoms with E-state index in [1.54, 1.807) is 0 Å². The summed E-state index contributed by atoms with van der Waals surface area (Å²) < 4.78 is 23.3. The molecule has 0 aromatic carbocycles. The van der Waals surface area contributed by atoms with E-state index in [1.807, 2.05) is 0 Å². The molecule has 2 heterocycles. The standard InChI is InChI=1S/C16H29N3O2S2/c1-13-4-2-3-5-15(13)17-16(22)19-9-7-18(8-10-19)14-6-11-23(20,21)12-14/h13-15H,2-12H2,1H3,(H,17,22)/t13-,14-,15+/m1/s1. The summed E-state index contributed by atoms with van der Waals surface area (Å²) in [7, 11) is -2.79. The number of hydrogen-bond acceptors (Lipinski definition) is 4. The molecule has 0 unspecified atom stereocenters. The van der Waals surface area contributed by atoms with Gasteiger partial charge in [-0.2, -0.15) is 0 Å². The van der Waals surface area contributed by atoms with Gasteiger partial charge >= 0.3 is 0 Å².